The summed E-state index contributed by atoms with van der Waals surface area (Å²) in [5.74, 6) is -2.16. The minimum atomic E-state index is -4.44. The summed E-state index contributed by atoms with van der Waals surface area (Å²) in [5, 5.41) is 28.0. The van der Waals surface area contributed by atoms with Crippen molar-refractivity contribution in [3.63, 3.8) is 0 Å². The number of alkyl halides is 3. The van der Waals surface area contributed by atoms with E-state index in [1.165, 1.54) is 30.3 Å². The number of halogens is 5. The molecule has 0 aliphatic heterocycles. The Morgan fingerprint density at radius 3 is 1.52 bits per heavy atom. The highest BCUT2D eigenvalue weighted by Gasteiger charge is 2.30. The Balaban J connectivity index is 0.000000178. The first-order valence-corrected chi connectivity index (χ1v) is 16.3. The lowest BCUT2D eigenvalue weighted by Gasteiger charge is -2.13. The quantitative estimate of drug-likeness (QED) is 0.105. The van der Waals surface area contributed by atoms with Gasteiger partial charge in [0.15, 0.2) is 0 Å². The Bertz CT molecular complexity index is 2080. The third kappa shape index (κ3) is 11.3. The molecule has 0 spiro atoms. The lowest BCUT2D eigenvalue weighted by molar-refractivity contribution is -0.137. The fourth-order valence-corrected chi connectivity index (χ4v) is 5.07. The second kappa shape index (κ2) is 18.3. The van der Waals surface area contributed by atoms with Gasteiger partial charge in [-0.15, -0.1) is 0 Å². The molecule has 6 aromatic rings. The maximum atomic E-state index is 12.6. The predicted molar refractivity (Wildman–Crippen MR) is 202 cm³/mol. The van der Waals surface area contributed by atoms with Crippen LogP contribution < -0.4 is 16.0 Å². The zero-order valence-electron chi connectivity index (χ0n) is 27.5. The number of carbonyl (C=O) groups is 2. The van der Waals surface area contributed by atoms with E-state index >= 15 is 0 Å². The van der Waals surface area contributed by atoms with Crippen molar-refractivity contribution >= 4 is 69.3 Å². The molecule has 12 heteroatoms. The van der Waals surface area contributed by atoms with Crippen LogP contribution in [0.1, 0.15) is 31.8 Å². The first-order chi connectivity index (χ1) is 24.8. The van der Waals surface area contributed by atoms with Crippen molar-refractivity contribution in [1.29, 1.82) is 0 Å². The molecule has 52 heavy (non-hydrogen) atoms. The molecular weight excluding hydrogens is 714 g/mol. The molecule has 7 nitrogen and oxygen atoms in total. The van der Waals surface area contributed by atoms with Gasteiger partial charge >= 0.3 is 18.1 Å². The van der Waals surface area contributed by atoms with Gasteiger partial charge in [0.2, 0.25) is 0 Å². The topological polar surface area (TPSA) is 111 Å². The molecule has 0 saturated heterocycles. The number of anilines is 6. The molecule has 0 aliphatic rings. The summed E-state index contributed by atoms with van der Waals surface area (Å²) in [7, 11) is 0. The van der Waals surface area contributed by atoms with E-state index in [4.69, 9.17) is 33.4 Å². The van der Waals surface area contributed by atoms with E-state index < -0.39 is 23.7 Å². The molecule has 0 saturated carbocycles. The van der Waals surface area contributed by atoms with Crippen molar-refractivity contribution in [2.75, 3.05) is 16.0 Å². The molecule has 0 fully saturated rings. The average Bonchev–Trinajstić information content (AvgIpc) is 3.13. The summed E-state index contributed by atoms with van der Waals surface area (Å²) >= 11 is 12.3. The van der Waals surface area contributed by atoms with Crippen LogP contribution in [0.2, 0.25) is 10.0 Å². The van der Waals surface area contributed by atoms with Gasteiger partial charge in [-0.05, 0) is 85.3 Å². The molecule has 0 atom stereocenters. The van der Waals surface area contributed by atoms with Gasteiger partial charge in [0.1, 0.15) is 0 Å². The van der Waals surface area contributed by atoms with Gasteiger partial charge in [-0.3, -0.25) is 0 Å². The lowest BCUT2D eigenvalue weighted by atomic mass is 10.1. The van der Waals surface area contributed by atoms with Crippen LogP contribution in [0.4, 0.5) is 47.3 Å². The van der Waals surface area contributed by atoms with Crippen molar-refractivity contribution in [3.8, 4) is 0 Å². The summed E-state index contributed by atoms with van der Waals surface area (Å²) in [6.45, 7) is 1.85. The van der Waals surface area contributed by atoms with Crippen molar-refractivity contribution in [1.82, 2.24) is 0 Å². The van der Waals surface area contributed by atoms with Gasteiger partial charge in [0.05, 0.1) is 43.8 Å². The summed E-state index contributed by atoms with van der Waals surface area (Å²) in [5.41, 5.74) is 3.83. The van der Waals surface area contributed by atoms with E-state index in [0.717, 1.165) is 29.1 Å². The number of aryl methyl sites for hydroxylation is 1. The van der Waals surface area contributed by atoms with E-state index in [2.05, 4.69) is 16.0 Å². The van der Waals surface area contributed by atoms with Crippen molar-refractivity contribution in [2.24, 2.45) is 0 Å². The normalized spacial score (nSPS) is 10.4. The van der Waals surface area contributed by atoms with Crippen LogP contribution in [0.25, 0.3) is 0 Å². The molecule has 0 unspecified atom stereocenters. The van der Waals surface area contributed by atoms with Gasteiger partial charge in [0, 0.05) is 17.1 Å². The molecule has 6 aromatic carbocycles. The number of nitrogens with one attached hydrogen (secondary N) is 3. The maximum Gasteiger partial charge on any atom is 0.416 e. The van der Waals surface area contributed by atoms with E-state index in [1.54, 1.807) is 42.5 Å². The molecule has 0 radical (unpaired) electrons. The number of hydrogen-bond donors (Lipinski definition) is 5. The van der Waals surface area contributed by atoms with Gasteiger partial charge < -0.3 is 26.2 Å². The van der Waals surface area contributed by atoms with E-state index in [-0.39, 0.29) is 22.5 Å². The van der Waals surface area contributed by atoms with Crippen LogP contribution in [0.3, 0.4) is 0 Å². The minimum absolute atomic E-state index is 0.00934. The van der Waals surface area contributed by atoms with E-state index in [9.17, 15) is 22.8 Å². The van der Waals surface area contributed by atoms with Gasteiger partial charge in [-0.1, -0.05) is 96.0 Å². The van der Waals surface area contributed by atoms with Crippen LogP contribution in [-0.4, -0.2) is 22.2 Å². The Labute approximate surface area is 308 Å². The van der Waals surface area contributed by atoms with Crippen molar-refractivity contribution in [2.45, 2.75) is 13.1 Å². The van der Waals surface area contributed by atoms with E-state index in [0.29, 0.717) is 21.4 Å². The molecule has 0 heterocycles. The monoisotopic (exact) mass is 745 g/mol. The summed E-state index contributed by atoms with van der Waals surface area (Å²) in [6.07, 6.45) is -4.44. The van der Waals surface area contributed by atoms with Crippen LogP contribution in [0.5, 0.6) is 0 Å². The number of benzene rings is 6. The highest BCUT2D eigenvalue weighted by molar-refractivity contribution is 6.39. The second-order valence-electron chi connectivity index (χ2n) is 10.9. The number of rotatable bonds is 8. The third-order valence-corrected chi connectivity index (χ3v) is 7.97. The lowest BCUT2D eigenvalue weighted by Crippen LogP contribution is -2.06. The number of para-hydroxylation sites is 4. The molecule has 266 valence electrons. The smallest absolute Gasteiger partial charge is 0.416 e. The molecular formula is C40H32Cl2F3N3O4. The summed E-state index contributed by atoms with van der Waals surface area (Å²) in [6, 6.07) is 41.0. The number of carboxylic acids is 2. The van der Waals surface area contributed by atoms with Gasteiger partial charge in [-0.2, -0.15) is 13.2 Å². The van der Waals surface area contributed by atoms with Crippen LogP contribution in [0.15, 0.2) is 146 Å². The summed E-state index contributed by atoms with van der Waals surface area (Å²) < 4.78 is 37.8. The first kappa shape index (κ1) is 38.8. The average molecular weight is 747 g/mol. The predicted octanol–water partition coefficient (Wildman–Crippen LogP) is 12.3. The Morgan fingerprint density at radius 1 is 0.558 bits per heavy atom. The van der Waals surface area contributed by atoms with Crippen LogP contribution in [0, 0.1) is 6.92 Å². The molecule has 6 rings (SSSR count). The number of aromatic carboxylic acids is 2. The zero-order valence-corrected chi connectivity index (χ0v) is 29.0. The molecule has 0 bridgehead atoms. The first-order valence-electron chi connectivity index (χ1n) is 15.5. The summed E-state index contributed by atoms with van der Waals surface area (Å²) in [4.78, 5) is 22.2. The number of carboxylic acid groups (broad SMARTS) is 2. The van der Waals surface area contributed by atoms with E-state index in [1.807, 2.05) is 67.6 Å². The highest BCUT2D eigenvalue weighted by Crippen LogP contribution is 2.36. The fraction of sp³-hybridized carbons (Fsp3) is 0.0500. The molecule has 0 amide bonds. The molecule has 0 aromatic heterocycles. The zero-order chi connectivity index (χ0) is 37.7. The Hall–Kier alpha value is -5.97. The Morgan fingerprint density at radius 2 is 1.02 bits per heavy atom. The maximum absolute atomic E-state index is 12.6. The van der Waals surface area contributed by atoms with Crippen LogP contribution >= 0.6 is 23.2 Å². The van der Waals surface area contributed by atoms with Gasteiger partial charge in [0.25, 0.3) is 0 Å². The third-order valence-electron chi connectivity index (χ3n) is 7.16. The minimum Gasteiger partial charge on any atom is -0.478 e. The van der Waals surface area contributed by atoms with Gasteiger partial charge in [-0.25, -0.2) is 9.59 Å². The standard InChI is InChI=1S/C14H11Cl2NO2.C14H10F3NO2.C12H11N/c1-8-6-7-10(15)13(12(8)16)17-11-5-3-2-4-9(11)14(18)19;15-14(16,17)9-4-3-5-10(8-9)18-12-7-2-1-6-11(12)13(19)20;1-3-7-11(8-4-1)13-12-9-5-2-6-10-12/h2-7,17H,1H3,(H,18,19);1-8,18H,(H,19,20);1-10,13H. The second-order valence-corrected chi connectivity index (χ2v) is 11.7. The van der Waals surface area contributed by atoms with Crippen molar-refractivity contribution in [3.05, 3.63) is 178 Å². The van der Waals surface area contributed by atoms with Crippen molar-refractivity contribution < 1.29 is 33.0 Å². The molecule has 5 N–H and O–H groups in total. The number of hydrogen-bond acceptors (Lipinski definition) is 5. The Kier molecular flexibility index (Phi) is 13.7. The molecule has 0 aliphatic carbocycles. The largest absolute Gasteiger partial charge is 0.478 e. The fourth-order valence-electron chi connectivity index (χ4n) is 4.60. The highest BCUT2D eigenvalue weighted by atomic mass is 35.5. The van der Waals surface area contributed by atoms with Crippen LogP contribution in [-0.2, 0) is 6.18 Å². The SMILES string of the molecule is Cc1ccc(Cl)c(Nc2ccccc2C(=O)O)c1Cl.O=C(O)c1ccccc1Nc1cccc(C(F)(F)F)c1.c1ccc(Nc2ccccc2)cc1.